The summed E-state index contributed by atoms with van der Waals surface area (Å²) in [6.45, 7) is 30.6. The summed E-state index contributed by atoms with van der Waals surface area (Å²) in [6, 6.07) is 0. The van der Waals surface area contributed by atoms with Crippen LogP contribution in [0.1, 0.15) is 110 Å². The van der Waals surface area contributed by atoms with Crippen LogP contribution in [0, 0.1) is 47.0 Å². The molecule has 0 aromatic rings. The van der Waals surface area contributed by atoms with Crippen molar-refractivity contribution in [1.29, 1.82) is 0 Å². The molecule has 0 unspecified atom stereocenters. The van der Waals surface area contributed by atoms with Gasteiger partial charge in [0.1, 0.15) is 0 Å². The van der Waals surface area contributed by atoms with E-state index in [9.17, 15) is 0 Å². The van der Waals surface area contributed by atoms with Gasteiger partial charge in [-0.25, -0.2) is 34.4 Å². The van der Waals surface area contributed by atoms with Crippen molar-refractivity contribution in [1.82, 2.24) is 0 Å². The van der Waals surface area contributed by atoms with E-state index in [2.05, 4.69) is 146 Å². The van der Waals surface area contributed by atoms with E-state index < -0.39 is 0 Å². The average molecular weight is 722 g/mol. The molecule has 0 aromatic heterocycles. The molecule has 0 saturated carbocycles. The monoisotopic (exact) mass is 720 g/mol. The minimum Gasteiger partial charge on any atom is -1.00 e. The second kappa shape index (κ2) is 24.7. The Bertz CT molecular complexity index is 960. The molecule has 0 bridgehead atoms. The summed E-state index contributed by atoms with van der Waals surface area (Å²) in [5.41, 5.74) is 11.5. The fourth-order valence-electron chi connectivity index (χ4n) is 4.45. The van der Waals surface area contributed by atoms with Crippen molar-refractivity contribution in [3.8, 4) is 0 Å². The van der Waals surface area contributed by atoms with Crippen LogP contribution in [-0.4, -0.2) is 0 Å². The van der Waals surface area contributed by atoms with Gasteiger partial charge in [0.05, 0.1) is 0 Å². The molecule has 0 nitrogen and oxygen atoms in total. The van der Waals surface area contributed by atoms with Crippen LogP contribution < -0.4 is 49.6 Å². The normalized spacial score (nSPS) is 17.9. The Hall–Kier alpha value is 0.509. The molecule has 0 atom stereocenters. The number of hydrogen-bond donors (Lipinski definition) is 0. The van der Waals surface area contributed by atoms with Gasteiger partial charge in [0.2, 0.25) is 0 Å². The molecule has 0 amide bonds. The predicted octanol–water partition coefficient (Wildman–Crippen LogP) is -1.10. The Morgan fingerprint density at radius 3 is 0.881 bits per heavy atom. The molecule has 0 heterocycles. The van der Waals surface area contributed by atoms with Crippen molar-refractivity contribution < 1.29 is 93.1 Å². The van der Waals surface area contributed by atoms with Crippen LogP contribution in [0.2, 0.25) is 0 Å². The predicted molar refractivity (Wildman–Crippen MR) is 160 cm³/mol. The molecular weight excluding hydrogens is 670 g/mol. The molecule has 0 radical (unpaired) electrons. The second-order valence-corrected chi connectivity index (χ2v) is 12.0. The molecule has 0 aromatic carbocycles. The van der Waals surface area contributed by atoms with Crippen LogP contribution in [0.3, 0.4) is 0 Å². The zero-order chi connectivity index (χ0) is 27.8. The van der Waals surface area contributed by atoms with E-state index in [1.54, 1.807) is 0 Å². The van der Waals surface area contributed by atoms with E-state index >= 15 is 0 Å². The van der Waals surface area contributed by atoms with Gasteiger partial charge in [-0.3, -0.25) is 24.3 Å². The third kappa shape index (κ3) is 17.3. The summed E-state index contributed by atoms with van der Waals surface area (Å²) in [4.78, 5) is 0. The maximum absolute atomic E-state index is 3.44. The molecule has 4 rings (SSSR count). The maximum atomic E-state index is 3.44. The van der Waals surface area contributed by atoms with Crippen LogP contribution in [-0.2, 0) is 43.4 Å². The maximum Gasteiger partial charge on any atom is 4.00 e. The zero-order valence-electron chi connectivity index (χ0n) is 28.4. The number of allylic oxidation sites excluding steroid dienone is 16. The molecule has 232 valence electrons. The van der Waals surface area contributed by atoms with E-state index in [4.69, 9.17) is 0 Å². The molecule has 0 fully saturated rings. The van der Waals surface area contributed by atoms with Crippen molar-refractivity contribution in [2.75, 3.05) is 0 Å². The van der Waals surface area contributed by atoms with Gasteiger partial charge in [0.15, 0.2) is 0 Å². The van der Waals surface area contributed by atoms with E-state index in [0.717, 1.165) is 12.8 Å². The first-order chi connectivity index (χ1) is 16.5. The second-order valence-electron chi connectivity index (χ2n) is 12.0. The Balaban J connectivity index is -0.0000000986. The van der Waals surface area contributed by atoms with Gasteiger partial charge in [0.25, 0.3) is 0 Å². The Morgan fingerprint density at radius 1 is 0.548 bits per heavy atom. The van der Waals surface area contributed by atoms with Crippen molar-refractivity contribution in [2.45, 2.75) is 110 Å². The molecule has 6 heteroatoms. The standard InChI is InChI=1S/2C10H15.2C8H11.4ClH.2Ti/c2*1-7-6-10(4,5)9(3)8(7)2;2*1-7(2)8-5-3-4-6-8;;;;;;/h2*1-5H3;2*3,5,7H,4H2,1-2H3;4*1H;;/q4*-1;;;;;2*+4/p-4. The van der Waals surface area contributed by atoms with Crippen molar-refractivity contribution in [2.24, 2.45) is 22.7 Å². The molecule has 42 heavy (non-hydrogen) atoms. The molecule has 4 aliphatic rings. The van der Waals surface area contributed by atoms with Gasteiger partial charge < -0.3 is 49.6 Å². The van der Waals surface area contributed by atoms with Crippen molar-refractivity contribution >= 4 is 0 Å². The SMILES string of the molecule is CC(C)C1=[C-]CC=C1.CC(C)C1=[C-]CC=C1.CC1=[C-]C(C)(C)C(C)=C1C.CC1=[C-]C(C)(C)C(C)=C1C.[Cl-].[Cl-].[Cl-].[Cl-].[Ti+4].[Ti+4]. The van der Waals surface area contributed by atoms with Crippen molar-refractivity contribution in [3.05, 3.63) is 93.2 Å². The van der Waals surface area contributed by atoms with E-state index in [1.807, 2.05) is 0 Å². The number of hydrogen-bond acceptors (Lipinski definition) is 0. The largest absolute Gasteiger partial charge is 4.00 e. The van der Waals surface area contributed by atoms with Gasteiger partial charge in [-0.1, -0.05) is 106 Å². The van der Waals surface area contributed by atoms with Crippen LogP contribution in [0.5, 0.6) is 0 Å². The molecule has 0 spiro atoms. The van der Waals surface area contributed by atoms with Gasteiger partial charge >= 0.3 is 43.4 Å². The summed E-state index contributed by atoms with van der Waals surface area (Å²) in [5, 5.41) is 0. The van der Waals surface area contributed by atoms with Gasteiger partial charge in [-0.2, -0.15) is 34.4 Å². The first-order valence-electron chi connectivity index (χ1n) is 13.7. The summed E-state index contributed by atoms with van der Waals surface area (Å²) >= 11 is 0. The van der Waals surface area contributed by atoms with Crippen molar-refractivity contribution in [3.63, 3.8) is 0 Å². The average Bonchev–Trinajstić information content (AvgIpc) is 3.56. The van der Waals surface area contributed by atoms with Gasteiger partial charge in [-0.05, 0) is 0 Å². The minimum atomic E-state index is 0. The smallest absolute Gasteiger partial charge is 1.00 e. The summed E-state index contributed by atoms with van der Waals surface area (Å²) in [7, 11) is 0. The van der Waals surface area contributed by atoms with E-state index in [0.29, 0.717) is 11.8 Å². The van der Waals surface area contributed by atoms with Crippen LogP contribution in [0.15, 0.2) is 68.9 Å². The van der Waals surface area contributed by atoms with E-state index in [1.165, 1.54) is 44.6 Å². The summed E-state index contributed by atoms with van der Waals surface area (Å²) in [6.07, 6.45) is 24.0. The Labute approximate surface area is 316 Å². The fraction of sp³-hybridized carbons (Fsp3) is 0.556. The third-order valence-electron chi connectivity index (χ3n) is 7.81. The third-order valence-corrected chi connectivity index (χ3v) is 7.81. The van der Waals surface area contributed by atoms with Crippen LogP contribution >= 0.6 is 0 Å². The first kappa shape index (κ1) is 54.9. The molecular formula is C36H52Cl4Ti2. The van der Waals surface area contributed by atoms with Gasteiger partial charge in [-0.15, -0.1) is 26.7 Å². The number of rotatable bonds is 2. The quantitative estimate of drug-likeness (QED) is 0.251. The summed E-state index contributed by atoms with van der Waals surface area (Å²) < 4.78 is 0. The Morgan fingerprint density at radius 2 is 0.810 bits per heavy atom. The van der Waals surface area contributed by atoms with Crippen LogP contribution in [0.4, 0.5) is 0 Å². The van der Waals surface area contributed by atoms with Gasteiger partial charge in [0, 0.05) is 0 Å². The molecule has 0 aliphatic heterocycles. The topological polar surface area (TPSA) is 0 Å². The Kier molecular flexibility index (Phi) is 32.3. The summed E-state index contributed by atoms with van der Waals surface area (Å²) in [5.74, 6) is 1.32. The van der Waals surface area contributed by atoms with E-state index in [-0.39, 0.29) is 104 Å². The minimum absolute atomic E-state index is 0. The molecule has 4 aliphatic carbocycles. The van der Waals surface area contributed by atoms with Crippen LogP contribution in [0.25, 0.3) is 0 Å². The number of halogens is 4. The zero-order valence-corrected chi connectivity index (χ0v) is 34.5. The first-order valence-corrected chi connectivity index (χ1v) is 13.7. The molecule has 0 saturated heterocycles. The molecule has 0 N–H and O–H groups in total. The fourth-order valence-corrected chi connectivity index (χ4v) is 4.45.